The van der Waals surface area contributed by atoms with Crippen molar-refractivity contribution in [2.75, 3.05) is 13.1 Å². The topological polar surface area (TPSA) is 135 Å². The summed E-state index contributed by atoms with van der Waals surface area (Å²) in [6.45, 7) is 0.727. The first-order valence-electron chi connectivity index (χ1n) is 10.7. The zero-order valence-electron chi connectivity index (χ0n) is 18.1. The molecular weight excluding hydrogens is 460 g/mol. The number of aromatic amines is 1. The summed E-state index contributed by atoms with van der Waals surface area (Å²) in [7, 11) is 0. The third-order valence-electron chi connectivity index (χ3n) is 5.88. The van der Waals surface area contributed by atoms with Crippen LogP contribution in [-0.2, 0) is 11.2 Å². The number of carbonyl (C=O) groups is 3. The van der Waals surface area contributed by atoms with Crippen LogP contribution in [-0.4, -0.2) is 62.8 Å². The number of nitrogens with one attached hydrogen (secondary N) is 2. The van der Waals surface area contributed by atoms with Gasteiger partial charge in [0.15, 0.2) is 0 Å². The predicted octanol–water partition coefficient (Wildman–Crippen LogP) is 3.31. The summed E-state index contributed by atoms with van der Waals surface area (Å²) in [5.41, 5.74) is 1.56. The maximum atomic E-state index is 13.4. The molecule has 34 heavy (non-hydrogen) atoms. The van der Waals surface area contributed by atoms with Gasteiger partial charge in [-0.05, 0) is 23.8 Å². The van der Waals surface area contributed by atoms with Gasteiger partial charge in [0, 0.05) is 48.3 Å². The number of aromatic nitrogens is 1. The van der Waals surface area contributed by atoms with Crippen LogP contribution < -0.4 is 5.32 Å². The molecule has 2 heterocycles. The van der Waals surface area contributed by atoms with Gasteiger partial charge in [-0.3, -0.25) is 9.59 Å². The first-order chi connectivity index (χ1) is 16.4. The minimum Gasteiger partial charge on any atom is -0.477 e. The van der Waals surface area contributed by atoms with Crippen molar-refractivity contribution in [1.82, 2.24) is 15.2 Å². The van der Waals surface area contributed by atoms with Gasteiger partial charge in [-0.1, -0.05) is 47.1 Å². The molecule has 1 atom stereocenters. The van der Waals surface area contributed by atoms with Crippen LogP contribution in [0.3, 0.4) is 0 Å². The molecule has 3 aromatic rings. The Morgan fingerprint density at radius 3 is 2.47 bits per heavy atom. The SMILES string of the molecule is O=C(O)c1[nH]c2ccc(Cl)cc2c1C(=O)N[C@@H](Cc1ccccc1)C(=O)N1CCC(=NO)CC1. The Hall–Kier alpha value is -3.85. The molecule has 1 fully saturated rings. The second kappa shape index (κ2) is 9.96. The van der Waals surface area contributed by atoms with E-state index in [1.807, 2.05) is 30.3 Å². The molecule has 10 heteroatoms. The Morgan fingerprint density at radius 1 is 1.12 bits per heavy atom. The van der Waals surface area contributed by atoms with Crippen molar-refractivity contribution in [1.29, 1.82) is 0 Å². The lowest BCUT2D eigenvalue weighted by Crippen LogP contribution is -2.52. The molecule has 0 radical (unpaired) electrons. The lowest BCUT2D eigenvalue weighted by atomic mass is 10.0. The van der Waals surface area contributed by atoms with Crippen LogP contribution in [0.4, 0.5) is 0 Å². The fourth-order valence-electron chi connectivity index (χ4n) is 4.15. The maximum absolute atomic E-state index is 13.4. The number of benzene rings is 2. The second-order valence-electron chi connectivity index (χ2n) is 8.08. The van der Waals surface area contributed by atoms with Gasteiger partial charge in [0.25, 0.3) is 5.91 Å². The maximum Gasteiger partial charge on any atom is 0.353 e. The van der Waals surface area contributed by atoms with E-state index in [-0.39, 0.29) is 23.6 Å². The smallest absolute Gasteiger partial charge is 0.353 e. The number of fused-ring (bicyclic) bond motifs is 1. The highest BCUT2D eigenvalue weighted by Gasteiger charge is 2.31. The first kappa shape index (κ1) is 23.3. The van der Waals surface area contributed by atoms with Crippen molar-refractivity contribution in [3.8, 4) is 0 Å². The number of nitrogens with zero attached hydrogens (tertiary/aromatic N) is 2. The molecule has 4 N–H and O–H groups in total. The summed E-state index contributed by atoms with van der Waals surface area (Å²) >= 11 is 6.09. The number of carbonyl (C=O) groups excluding carboxylic acids is 2. The van der Waals surface area contributed by atoms with Gasteiger partial charge in [-0.15, -0.1) is 0 Å². The summed E-state index contributed by atoms with van der Waals surface area (Å²) in [5, 5.41) is 25.4. The number of likely N-dealkylation sites (tertiary alicyclic amines) is 1. The second-order valence-corrected chi connectivity index (χ2v) is 8.51. The average molecular weight is 483 g/mol. The molecule has 0 bridgehead atoms. The molecule has 0 spiro atoms. The zero-order chi connectivity index (χ0) is 24.2. The molecule has 0 aliphatic carbocycles. The molecule has 1 saturated heterocycles. The molecule has 0 unspecified atom stereocenters. The molecule has 1 aliphatic heterocycles. The number of aromatic carboxylic acids is 1. The molecule has 1 aliphatic rings. The fourth-order valence-corrected chi connectivity index (χ4v) is 4.32. The highest BCUT2D eigenvalue weighted by atomic mass is 35.5. The summed E-state index contributed by atoms with van der Waals surface area (Å²) in [6.07, 6.45) is 1.12. The van der Waals surface area contributed by atoms with E-state index in [2.05, 4.69) is 15.5 Å². The number of amides is 2. The third kappa shape index (κ3) is 4.89. The van der Waals surface area contributed by atoms with Gasteiger partial charge in [0.1, 0.15) is 11.7 Å². The van der Waals surface area contributed by atoms with Gasteiger partial charge in [0.05, 0.1) is 11.3 Å². The van der Waals surface area contributed by atoms with Crippen molar-refractivity contribution in [3.05, 3.63) is 70.4 Å². The van der Waals surface area contributed by atoms with Crippen molar-refractivity contribution in [2.45, 2.75) is 25.3 Å². The highest BCUT2D eigenvalue weighted by Crippen LogP contribution is 2.26. The number of oxime groups is 1. The number of rotatable bonds is 6. The minimum absolute atomic E-state index is 0.0794. The van der Waals surface area contributed by atoms with Crippen LogP contribution in [0.25, 0.3) is 10.9 Å². The average Bonchev–Trinajstić information content (AvgIpc) is 3.23. The molecule has 9 nitrogen and oxygen atoms in total. The Morgan fingerprint density at radius 2 is 1.82 bits per heavy atom. The van der Waals surface area contributed by atoms with Crippen LogP contribution in [0.5, 0.6) is 0 Å². The number of piperidine rings is 1. The van der Waals surface area contributed by atoms with E-state index in [1.54, 1.807) is 17.0 Å². The molecule has 2 aromatic carbocycles. The highest BCUT2D eigenvalue weighted by molar-refractivity contribution is 6.31. The Balaban J connectivity index is 1.65. The quantitative estimate of drug-likeness (QED) is 0.316. The lowest BCUT2D eigenvalue weighted by molar-refractivity contribution is -0.133. The van der Waals surface area contributed by atoms with Crippen molar-refractivity contribution < 1.29 is 24.7 Å². The van der Waals surface area contributed by atoms with Gasteiger partial charge in [-0.25, -0.2) is 4.79 Å². The molecule has 0 saturated carbocycles. The van der Waals surface area contributed by atoms with E-state index >= 15 is 0 Å². The van der Waals surface area contributed by atoms with E-state index in [4.69, 9.17) is 16.8 Å². The van der Waals surface area contributed by atoms with Crippen LogP contribution in [0.2, 0.25) is 5.02 Å². The summed E-state index contributed by atoms with van der Waals surface area (Å²) in [6, 6.07) is 13.0. The van der Waals surface area contributed by atoms with Gasteiger partial charge in [-0.2, -0.15) is 0 Å². The summed E-state index contributed by atoms with van der Waals surface area (Å²) in [4.78, 5) is 43.0. The van der Waals surface area contributed by atoms with Crippen molar-refractivity contribution in [3.63, 3.8) is 0 Å². The molecule has 1 aromatic heterocycles. The number of hydrogen-bond acceptors (Lipinski definition) is 5. The minimum atomic E-state index is -1.30. The van der Waals surface area contributed by atoms with Crippen LogP contribution in [0.1, 0.15) is 39.3 Å². The van der Waals surface area contributed by atoms with E-state index < -0.39 is 17.9 Å². The third-order valence-corrected chi connectivity index (χ3v) is 6.12. The standard InChI is InChI=1S/C24H23ClN4O5/c25-15-6-7-18-17(13-15)20(21(26-18)24(32)33)22(30)27-19(12-14-4-2-1-3-5-14)23(31)29-10-8-16(28-34)9-11-29/h1-7,13,19,26,34H,8-12H2,(H,27,30)(H,32,33)/t19-/m0/s1. The molecular formula is C24H23ClN4O5. The Bertz CT molecular complexity index is 1260. The van der Waals surface area contributed by atoms with E-state index in [1.165, 1.54) is 6.07 Å². The summed E-state index contributed by atoms with van der Waals surface area (Å²) in [5.74, 6) is -2.27. The number of H-pyrrole nitrogens is 1. The van der Waals surface area contributed by atoms with Gasteiger partial charge >= 0.3 is 5.97 Å². The largest absolute Gasteiger partial charge is 0.477 e. The predicted molar refractivity (Wildman–Crippen MR) is 127 cm³/mol. The van der Waals surface area contributed by atoms with Crippen LogP contribution >= 0.6 is 11.6 Å². The number of halogens is 1. The number of carboxylic acid groups (broad SMARTS) is 1. The lowest BCUT2D eigenvalue weighted by Gasteiger charge is -2.31. The fraction of sp³-hybridized carbons (Fsp3) is 0.250. The number of hydrogen-bond donors (Lipinski definition) is 4. The molecule has 4 rings (SSSR count). The van der Waals surface area contributed by atoms with Crippen LogP contribution in [0.15, 0.2) is 53.7 Å². The van der Waals surface area contributed by atoms with E-state index in [9.17, 15) is 19.5 Å². The zero-order valence-corrected chi connectivity index (χ0v) is 18.9. The van der Waals surface area contributed by atoms with Gasteiger partial charge in [0.2, 0.25) is 5.91 Å². The number of carboxylic acids is 1. The van der Waals surface area contributed by atoms with Crippen molar-refractivity contribution in [2.24, 2.45) is 5.16 Å². The Kier molecular flexibility index (Phi) is 6.83. The van der Waals surface area contributed by atoms with E-state index in [0.717, 1.165) is 5.56 Å². The summed E-state index contributed by atoms with van der Waals surface area (Å²) < 4.78 is 0. The van der Waals surface area contributed by atoms with Gasteiger partial charge < -0.3 is 25.5 Å². The Labute approximate surface area is 200 Å². The van der Waals surface area contributed by atoms with E-state index in [0.29, 0.717) is 47.6 Å². The molecule has 176 valence electrons. The van der Waals surface area contributed by atoms with Crippen molar-refractivity contribution >= 4 is 46.0 Å². The first-order valence-corrected chi connectivity index (χ1v) is 11.1. The van der Waals surface area contributed by atoms with Crippen LogP contribution in [0, 0.1) is 0 Å². The monoisotopic (exact) mass is 482 g/mol. The normalized spacial score (nSPS) is 14.6. The molecule has 2 amide bonds.